The van der Waals surface area contributed by atoms with Crippen molar-refractivity contribution in [3.05, 3.63) is 0 Å². The summed E-state index contributed by atoms with van der Waals surface area (Å²) in [7, 11) is 0. The normalized spacial score (nSPS) is 19.4. The van der Waals surface area contributed by atoms with Crippen molar-refractivity contribution >= 4 is 17.7 Å². The van der Waals surface area contributed by atoms with Gasteiger partial charge in [-0.2, -0.15) is 0 Å². The quantitative estimate of drug-likeness (QED) is 0.404. The predicted molar refractivity (Wildman–Crippen MR) is 61.6 cm³/mol. The monoisotopic (exact) mass is 236 g/mol. The van der Waals surface area contributed by atoms with Gasteiger partial charge >= 0.3 is 0 Å². The van der Waals surface area contributed by atoms with Gasteiger partial charge in [0, 0.05) is 19.3 Å². The lowest BCUT2D eigenvalue weighted by Gasteiger charge is -2.21. The van der Waals surface area contributed by atoms with E-state index < -0.39 is 11.9 Å². The van der Waals surface area contributed by atoms with Crippen LogP contribution in [0.4, 0.5) is 0 Å². The molecule has 2 N–H and O–H groups in total. The molecular formula is C12H16N2O3. The summed E-state index contributed by atoms with van der Waals surface area (Å²) >= 11 is 0. The maximum Gasteiger partial charge on any atom is 0.249 e. The van der Waals surface area contributed by atoms with Crippen LogP contribution in [0, 0.1) is 12.3 Å². The first-order valence-corrected chi connectivity index (χ1v) is 5.70. The van der Waals surface area contributed by atoms with Crippen LogP contribution in [-0.4, -0.2) is 23.8 Å². The molecule has 5 nitrogen and oxygen atoms in total. The van der Waals surface area contributed by atoms with Crippen LogP contribution in [0.25, 0.3) is 0 Å². The number of amides is 3. The minimum absolute atomic E-state index is 0.170. The molecule has 0 radical (unpaired) electrons. The lowest BCUT2D eigenvalue weighted by molar-refractivity contribution is -0.137. The van der Waals surface area contributed by atoms with Crippen molar-refractivity contribution in [2.45, 2.75) is 44.6 Å². The zero-order valence-electron chi connectivity index (χ0n) is 9.62. The first-order chi connectivity index (χ1) is 8.13. The highest BCUT2D eigenvalue weighted by molar-refractivity contribution is 6.01. The Labute approximate surface area is 100 Å². The summed E-state index contributed by atoms with van der Waals surface area (Å²) < 4.78 is 0. The van der Waals surface area contributed by atoms with E-state index in [1.807, 2.05) is 0 Å². The smallest absolute Gasteiger partial charge is 0.249 e. The van der Waals surface area contributed by atoms with Gasteiger partial charge in [0.2, 0.25) is 17.7 Å². The molecule has 0 aromatic carbocycles. The number of nitrogens with one attached hydrogen (secondary N) is 2. The Balaban J connectivity index is 2.24. The van der Waals surface area contributed by atoms with E-state index in [9.17, 15) is 14.4 Å². The van der Waals surface area contributed by atoms with Crippen LogP contribution in [-0.2, 0) is 14.4 Å². The summed E-state index contributed by atoms with van der Waals surface area (Å²) in [5, 5.41) is 4.80. The molecule has 1 unspecified atom stereocenters. The number of terminal acetylenes is 1. The van der Waals surface area contributed by atoms with E-state index in [-0.39, 0.29) is 18.2 Å². The molecule has 92 valence electrons. The fourth-order valence-electron chi connectivity index (χ4n) is 1.61. The second-order valence-electron chi connectivity index (χ2n) is 3.98. The Morgan fingerprint density at radius 3 is 2.88 bits per heavy atom. The number of unbranched alkanes of at least 4 members (excludes halogenated alkanes) is 2. The molecule has 0 aliphatic carbocycles. The molecular weight excluding hydrogens is 220 g/mol. The molecule has 1 saturated heterocycles. The zero-order chi connectivity index (χ0) is 12.7. The van der Waals surface area contributed by atoms with Gasteiger partial charge < -0.3 is 5.32 Å². The summed E-state index contributed by atoms with van der Waals surface area (Å²) in [4.78, 5) is 33.7. The van der Waals surface area contributed by atoms with Crippen LogP contribution in [0.2, 0.25) is 0 Å². The number of rotatable bonds is 5. The fourth-order valence-corrected chi connectivity index (χ4v) is 1.61. The van der Waals surface area contributed by atoms with Crippen molar-refractivity contribution < 1.29 is 14.4 Å². The van der Waals surface area contributed by atoms with Gasteiger partial charge in [-0.05, 0) is 19.3 Å². The number of hydrogen-bond acceptors (Lipinski definition) is 3. The fraction of sp³-hybridized carbons (Fsp3) is 0.583. The van der Waals surface area contributed by atoms with E-state index in [2.05, 4.69) is 16.6 Å². The van der Waals surface area contributed by atoms with Crippen LogP contribution in [0.15, 0.2) is 0 Å². The molecule has 1 atom stereocenters. The highest BCUT2D eigenvalue weighted by atomic mass is 16.2. The maximum atomic E-state index is 11.5. The summed E-state index contributed by atoms with van der Waals surface area (Å²) in [6, 6.07) is -0.576. The molecule has 1 rings (SSSR count). The summed E-state index contributed by atoms with van der Waals surface area (Å²) in [6.45, 7) is 0. The number of piperidine rings is 1. The lowest BCUT2D eigenvalue weighted by atomic mass is 10.1. The third-order valence-corrected chi connectivity index (χ3v) is 2.55. The molecule has 0 bridgehead atoms. The molecule has 5 heteroatoms. The van der Waals surface area contributed by atoms with Gasteiger partial charge in [-0.3, -0.25) is 19.7 Å². The van der Waals surface area contributed by atoms with Crippen LogP contribution >= 0.6 is 0 Å². The first kappa shape index (κ1) is 13.2. The number of carbonyl (C=O) groups excluding carboxylic acids is 3. The van der Waals surface area contributed by atoms with Crippen LogP contribution in [0.3, 0.4) is 0 Å². The average Bonchev–Trinajstić information content (AvgIpc) is 2.28. The first-order valence-electron chi connectivity index (χ1n) is 5.70. The SMILES string of the molecule is C#CCCCCC(=O)NC1CCC(=O)NC1=O. The largest absolute Gasteiger partial charge is 0.344 e. The Kier molecular flexibility index (Phi) is 5.21. The second-order valence-corrected chi connectivity index (χ2v) is 3.98. The Morgan fingerprint density at radius 2 is 2.24 bits per heavy atom. The lowest BCUT2D eigenvalue weighted by Crippen LogP contribution is -2.52. The molecule has 0 aromatic heterocycles. The minimum Gasteiger partial charge on any atom is -0.344 e. The average molecular weight is 236 g/mol. The Hall–Kier alpha value is -1.83. The van der Waals surface area contributed by atoms with E-state index >= 15 is 0 Å². The Bertz CT molecular complexity index is 357. The summed E-state index contributed by atoms with van der Waals surface area (Å²) in [5.74, 6) is 1.63. The minimum atomic E-state index is -0.576. The van der Waals surface area contributed by atoms with Gasteiger partial charge in [0.1, 0.15) is 6.04 Å². The zero-order valence-corrected chi connectivity index (χ0v) is 9.62. The summed E-state index contributed by atoms with van der Waals surface area (Å²) in [6.07, 6.45) is 8.27. The highest BCUT2D eigenvalue weighted by Crippen LogP contribution is 2.05. The highest BCUT2D eigenvalue weighted by Gasteiger charge is 2.27. The molecule has 1 heterocycles. The van der Waals surface area contributed by atoms with E-state index in [0.29, 0.717) is 25.7 Å². The van der Waals surface area contributed by atoms with Crippen molar-refractivity contribution in [1.29, 1.82) is 0 Å². The molecule has 0 aromatic rings. The van der Waals surface area contributed by atoms with Gasteiger partial charge in [0.05, 0.1) is 0 Å². The van der Waals surface area contributed by atoms with Gasteiger partial charge in [0.15, 0.2) is 0 Å². The van der Waals surface area contributed by atoms with Crippen molar-refractivity contribution in [2.24, 2.45) is 0 Å². The molecule has 0 spiro atoms. The molecule has 1 aliphatic rings. The van der Waals surface area contributed by atoms with Gasteiger partial charge in [-0.1, -0.05) is 0 Å². The van der Waals surface area contributed by atoms with E-state index in [1.165, 1.54) is 0 Å². The van der Waals surface area contributed by atoms with Crippen LogP contribution in [0.1, 0.15) is 38.5 Å². The molecule has 17 heavy (non-hydrogen) atoms. The number of imide groups is 1. The standard InChI is InChI=1S/C12H16N2O3/c1-2-3-4-5-6-10(15)13-9-7-8-11(16)14-12(9)17/h1,9H,3-8H2,(H,13,15)(H,14,16,17). The van der Waals surface area contributed by atoms with E-state index in [4.69, 9.17) is 6.42 Å². The second kappa shape index (κ2) is 6.69. The molecule has 3 amide bonds. The predicted octanol–water partition coefficient (Wildman–Crippen LogP) is 0.101. The van der Waals surface area contributed by atoms with Crippen molar-refractivity contribution in [2.75, 3.05) is 0 Å². The van der Waals surface area contributed by atoms with Crippen molar-refractivity contribution in [3.8, 4) is 12.3 Å². The van der Waals surface area contributed by atoms with Gasteiger partial charge in [-0.25, -0.2) is 0 Å². The molecule has 1 fully saturated rings. The number of carbonyl (C=O) groups is 3. The van der Waals surface area contributed by atoms with Crippen LogP contribution in [0.5, 0.6) is 0 Å². The van der Waals surface area contributed by atoms with E-state index in [0.717, 1.165) is 6.42 Å². The maximum absolute atomic E-state index is 11.5. The van der Waals surface area contributed by atoms with E-state index in [1.54, 1.807) is 0 Å². The third-order valence-electron chi connectivity index (χ3n) is 2.55. The summed E-state index contributed by atoms with van der Waals surface area (Å²) in [5.41, 5.74) is 0. The van der Waals surface area contributed by atoms with Crippen LogP contribution < -0.4 is 10.6 Å². The topological polar surface area (TPSA) is 75.3 Å². The third kappa shape index (κ3) is 4.68. The Morgan fingerprint density at radius 1 is 1.47 bits per heavy atom. The van der Waals surface area contributed by atoms with Gasteiger partial charge in [0.25, 0.3) is 0 Å². The van der Waals surface area contributed by atoms with Crippen molar-refractivity contribution in [3.63, 3.8) is 0 Å². The molecule has 1 aliphatic heterocycles. The van der Waals surface area contributed by atoms with Crippen molar-refractivity contribution in [1.82, 2.24) is 10.6 Å². The number of hydrogen-bond donors (Lipinski definition) is 2. The van der Waals surface area contributed by atoms with Gasteiger partial charge in [-0.15, -0.1) is 12.3 Å². The molecule has 0 saturated carbocycles.